The highest BCUT2D eigenvalue weighted by atomic mass is 32.1. The van der Waals surface area contributed by atoms with E-state index < -0.39 is 0 Å². The molecule has 0 fully saturated rings. The van der Waals surface area contributed by atoms with Crippen molar-refractivity contribution in [2.75, 3.05) is 0 Å². The first-order valence-electron chi connectivity index (χ1n) is 7.02. The molecule has 1 unspecified atom stereocenters. The van der Waals surface area contributed by atoms with Crippen molar-refractivity contribution in [1.82, 2.24) is 5.32 Å². The monoisotopic (exact) mass is 295 g/mol. The van der Waals surface area contributed by atoms with Crippen LogP contribution >= 0.6 is 11.3 Å². The van der Waals surface area contributed by atoms with E-state index in [-0.39, 0.29) is 11.9 Å². The summed E-state index contributed by atoms with van der Waals surface area (Å²) in [5, 5.41) is 9.51. The van der Waals surface area contributed by atoms with Gasteiger partial charge < -0.3 is 5.32 Å². The second kappa shape index (κ2) is 6.10. The second-order valence-corrected chi connectivity index (χ2v) is 5.95. The van der Waals surface area contributed by atoms with Gasteiger partial charge in [0.05, 0.1) is 12.5 Å². The van der Waals surface area contributed by atoms with Crippen LogP contribution in [0.25, 0.3) is 10.8 Å². The Morgan fingerprint density at radius 1 is 1.14 bits per heavy atom. The molecule has 1 aromatic heterocycles. The van der Waals surface area contributed by atoms with E-state index in [1.54, 1.807) is 11.3 Å². The molecule has 3 heteroatoms. The van der Waals surface area contributed by atoms with Gasteiger partial charge in [-0.25, -0.2) is 0 Å². The van der Waals surface area contributed by atoms with Crippen LogP contribution in [0.3, 0.4) is 0 Å². The molecule has 0 aliphatic carbocycles. The minimum atomic E-state index is 0.00207. The van der Waals surface area contributed by atoms with Crippen LogP contribution in [0.15, 0.2) is 59.3 Å². The molecule has 0 saturated heterocycles. The lowest BCUT2D eigenvalue weighted by Gasteiger charge is -2.16. The van der Waals surface area contributed by atoms with Crippen molar-refractivity contribution in [2.24, 2.45) is 0 Å². The van der Waals surface area contributed by atoms with Crippen LogP contribution in [0.1, 0.15) is 24.1 Å². The molecule has 0 bridgehead atoms. The van der Waals surface area contributed by atoms with Gasteiger partial charge in [-0.1, -0.05) is 42.5 Å². The summed E-state index contributed by atoms with van der Waals surface area (Å²) in [6.45, 7) is 2.04. The maximum Gasteiger partial charge on any atom is 0.224 e. The van der Waals surface area contributed by atoms with Gasteiger partial charge in [0.2, 0.25) is 5.91 Å². The number of rotatable bonds is 4. The SMILES string of the molecule is CC(NC(=O)Cc1ccsc1)c1cccc2ccccc12. The van der Waals surface area contributed by atoms with Gasteiger partial charge in [-0.2, -0.15) is 11.3 Å². The third-order valence-corrected chi connectivity index (χ3v) is 4.34. The van der Waals surface area contributed by atoms with E-state index >= 15 is 0 Å². The summed E-state index contributed by atoms with van der Waals surface area (Å²) in [5.74, 6) is 0.0637. The van der Waals surface area contributed by atoms with E-state index in [0.29, 0.717) is 6.42 Å². The summed E-state index contributed by atoms with van der Waals surface area (Å²) in [5.41, 5.74) is 2.23. The van der Waals surface area contributed by atoms with E-state index in [0.717, 1.165) is 11.1 Å². The fourth-order valence-corrected chi connectivity index (χ4v) is 3.25. The van der Waals surface area contributed by atoms with E-state index in [1.165, 1.54) is 10.8 Å². The predicted octanol–water partition coefficient (Wildman–Crippen LogP) is 4.32. The normalized spacial score (nSPS) is 12.2. The Labute approximate surface area is 128 Å². The number of carbonyl (C=O) groups excluding carboxylic acids is 1. The first-order chi connectivity index (χ1) is 10.2. The Hall–Kier alpha value is -2.13. The second-order valence-electron chi connectivity index (χ2n) is 5.17. The van der Waals surface area contributed by atoms with Crippen LogP contribution in [0.4, 0.5) is 0 Å². The minimum absolute atomic E-state index is 0.00207. The molecule has 2 nitrogen and oxygen atoms in total. The Balaban J connectivity index is 1.77. The van der Waals surface area contributed by atoms with Gasteiger partial charge in [0, 0.05) is 0 Å². The van der Waals surface area contributed by atoms with E-state index in [2.05, 4.69) is 29.6 Å². The van der Waals surface area contributed by atoms with Crippen molar-refractivity contribution in [2.45, 2.75) is 19.4 Å². The summed E-state index contributed by atoms with van der Waals surface area (Å²) >= 11 is 1.62. The van der Waals surface area contributed by atoms with E-state index in [9.17, 15) is 4.79 Å². The molecular weight excluding hydrogens is 278 g/mol. The molecule has 1 N–H and O–H groups in total. The largest absolute Gasteiger partial charge is 0.349 e. The standard InChI is InChI=1S/C18H17NOS/c1-13(19-18(20)11-14-9-10-21-12-14)16-8-4-6-15-5-2-3-7-17(15)16/h2-10,12-13H,11H2,1H3,(H,19,20). The Kier molecular flexibility index (Phi) is 4.02. The molecule has 0 radical (unpaired) electrons. The smallest absolute Gasteiger partial charge is 0.224 e. The lowest BCUT2D eigenvalue weighted by molar-refractivity contribution is -0.121. The summed E-state index contributed by atoms with van der Waals surface area (Å²) in [7, 11) is 0. The predicted molar refractivity (Wildman–Crippen MR) is 88.5 cm³/mol. The quantitative estimate of drug-likeness (QED) is 0.763. The molecule has 0 saturated carbocycles. The summed E-state index contributed by atoms with van der Waals surface area (Å²) in [6.07, 6.45) is 0.443. The molecule has 1 atom stereocenters. The number of thiophene rings is 1. The minimum Gasteiger partial charge on any atom is -0.349 e. The van der Waals surface area contributed by atoms with Gasteiger partial charge in [-0.05, 0) is 45.6 Å². The van der Waals surface area contributed by atoms with Gasteiger partial charge >= 0.3 is 0 Å². The summed E-state index contributed by atoms with van der Waals surface area (Å²) in [6, 6.07) is 16.5. The summed E-state index contributed by atoms with van der Waals surface area (Å²) in [4.78, 5) is 12.1. The fourth-order valence-electron chi connectivity index (χ4n) is 2.58. The van der Waals surface area contributed by atoms with Crippen molar-refractivity contribution >= 4 is 28.0 Å². The maximum absolute atomic E-state index is 12.1. The Bertz CT molecular complexity index is 744. The molecule has 3 aromatic rings. The lowest BCUT2D eigenvalue weighted by atomic mass is 9.99. The Morgan fingerprint density at radius 2 is 1.95 bits per heavy atom. The first-order valence-corrected chi connectivity index (χ1v) is 7.96. The van der Waals surface area contributed by atoms with Crippen molar-refractivity contribution in [3.63, 3.8) is 0 Å². The topological polar surface area (TPSA) is 29.1 Å². The lowest BCUT2D eigenvalue weighted by Crippen LogP contribution is -2.28. The van der Waals surface area contributed by atoms with Crippen molar-refractivity contribution in [3.05, 3.63) is 70.4 Å². The molecule has 106 valence electrons. The molecule has 3 rings (SSSR count). The maximum atomic E-state index is 12.1. The molecule has 0 spiro atoms. The number of carbonyl (C=O) groups is 1. The number of hydrogen-bond donors (Lipinski definition) is 1. The molecule has 1 amide bonds. The van der Waals surface area contributed by atoms with Crippen molar-refractivity contribution in [3.8, 4) is 0 Å². The average Bonchev–Trinajstić information content (AvgIpc) is 2.99. The van der Waals surface area contributed by atoms with Gasteiger partial charge in [0.1, 0.15) is 0 Å². The number of amides is 1. The van der Waals surface area contributed by atoms with Gasteiger partial charge in [0.15, 0.2) is 0 Å². The van der Waals surface area contributed by atoms with Crippen LogP contribution in [-0.2, 0) is 11.2 Å². The third-order valence-electron chi connectivity index (χ3n) is 3.61. The zero-order valence-electron chi connectivity index (χ0n) is 11.9. The van der Waals surface area contributed by atoms with E-state index in [4.69, 9.17) is 0 Å². The van der Waals surface area contributed by atoms with E-state index in [1.807, 2.05) is 41.9 Å². The fraction of sp³-hybridized carbons (Fsp3) is 0.167. The van der Waals surface area contributed by atoms with Crippen molar-refractivity contribution < 1.29 is 4.79 Å². The number of nitrogens with one attached hydrogen (secondary N) is 1. The first kappa shape index (κ1) is 13.8. The van der Waals surface area contributed by atoms with Crippen LogP contribution in [0.5, 0.6) is 0 Å². The van der Waals surface area contributed by atoms with Crippen molar-refractivity contribution in [1.29, 1.82) is 0 Å². The average molecular weight is 295 g/mol. The van der Waals surface area contributed by atoms with Crippen LogP contribution < -0.4 is 5.32 Å². The molecule has 21 heavy (non-hydrogen) atoms. The highest BCUT2D eigenvalue weighted by Crippen LogP contribution is 2.24. The zero-order chi connectivity index (χ0) is 14.7. The van der Waals surface area contributed by atoms with Gasteiger partial charge in [0.25, 0.3) is 0 Å². The number of hydrogen-bond acceptors (Lipinski definition) is 2. The number of fused-ring (bicyclic) bond motifs is 1. The van der Waals surface area contributed by atoms with Crippen LogP contribution in [-0.4, -0.2) is 5.91 Å². The van der Waals surface area contributed by atoms with Crippen LogP contribution in [0.2, 0.25) is 0 Å². The molecular formula is C18H17NOS. The van der Waals surface area contributed by atoms with Gasteiger partial charge in [-0.15, -0.1) is 0 Å². The molecule has 0 aliphatic heterocycles. The highest BCUT2D eigenvalue weighted by Gasteiger charge is 2.12. The molecule has 0 aliphatic rings. The molecule has 1 heterocycles. The Morgan fingerprint density at radius 3 is 2.76 bits per heavy atom. The summed E-state index contributed by atoms with van der Waals surface area (Å²) < 4.78 is 0. The number of benzene rings is 2. The van der Waals surface area contributed by atoms with Gasteiger partial charge in [-0.3, -0.25) is 4.79 Å². The third kappa shape index (κ3) is 3.14. The highest BCUT2D eigenvalue weighted by molar-refractivity contribution is 7.08. The van der Waals surface area contributed by atoms with Crippen LogP contribution in [0, 0.1) is 0 Å². The molecule has 2 aromatic carbocycles. The zero-order valence-corrected chi connectivity index (χ0v) is 12.7.